The van der Waals surface area contributed by atoms with Gasteiger partial charge in [-0.05, 0) is 80.2 Å². The minimum Gasteiger partial charge on any atom is -0.325 e. The number of hydrogen-bond acceptors (Lipinski definition) is 4. The number of halogens is 2. The van der Waals surface area contributed by atoms with Crippen LogP contribution >= 0.6 is 0 Å². The zero-order valence-electron chi connectivity index (χ0n) is 19.0. The van der Waals surface area contributed by atoms with E-state index in [1.54, 1.807) is 17.4 Å². The van der Waals surface area contributed by atoms with E-state index in [-0.39, 0.29) is 5.39 Å². The lowest BCUT2D eigenvalue weighted by Gasteiger charge is -2.33. The molecule has 2 aromatic heterocycles. The minimum absolute atomic E-state index is 0.173. The molecular formula is C26H27F2N5. The van der Waals surface area contributed by atoms with Crippen LogP contribution in [0.15, 0.2) is 30.3 Å². The molecule has 7 heteroatoms. The summed E-state index contributed by atoms with van der Waals surface area (Å²) in [6.45, 7) is 4.77. The van der Waals surface area contributed by atoms with Crippen molar-refractivity contribution in [1.82, 2.24) is 19.6 Å². The van der Waals surface area contributed by atoms with Crippen molar-refractivity contribution in [2.24, 2.45) is 5.41 Å². The fraction of sp³-hybridized carbons (Fsp3) is 0.423. The van der Waals surface area contributed by atoms with Crippen LogP contribution in [0.2, 0.25) is 0 Å². The van der Waals surface area contributed by atoms with Gasteiger partial charge in [0.1, 0.15) is 11.6 Å². The smallest absolute Gasteiger partial charge is 0.257 e. The second-order valence-electron chi connectivity index (χ2n) is 9.60. The van der Waals surface area contributed by atoms with E-state index < -0.39 is 11.6 Å². The van der Waals surface area contributed by atoms with Crippen LogP contribution in [0.25, 0.3) is 16.7 Å². The van der Waals surface area contributed by atoms with Crippen molar-refractivity contribution in [1.29, 1.82) is 0 Å². The van der Waals surface area contributed by atoms with Crippen LogP contribution in [-0.4, -0.2) is 26.1 Å². The Morgan fingerprint density at radius 3 is 2.73 bits per heavy atom. The summed E-state index contributed by atoms with van der Waals surface area (Å²) in [5.74, 6) is -0.371. The molecule has 0 radical (unpaired) electrons. The molecule has 0 N–H and O–H groups in total. The van der Waals surface area contributed by atoms with Crippen molar-refractivity contribution < 1.29 is 8.78 Å². The number of fused-ring (bicyclic) bond motifs is 4. The van der Waals surface area contributed by atoms with Gasteiger partial charge < -0.3 is 4.90 Å². The molecule has 0 bridgehead atoms. The third-order valence-corrected chi connectivity index (χ3v) is 7.79. The van der Waals surface area contributed by atoms with Crippen LogP contribution in [0.1, 0.15) is 56.0 Å². The fourth-order valence-electron chi connectivity index (χ4n) is 5.50. The fourth-order valence-corrected chi connectivity index (χ4v) is 5.50. The first-order valence-electron chi connectivity index (χ1n) is 11.9. The van der Waals surface area contributed by atoms with Gasteiger partial charge in [0.05, 0.1) is 10.9 Å². The van der Waals surface area contributed by atoms with E-state index in [0.717, 1.165) is 31.0 Å². The molecule has 33 heavy (non-hydrogen) atoms. The molecule has 0 unspecified atom stereocenters. The van der Waals surface area contributed by atoms with Gasteiger partial charge in [0.15, 0.2) is 11.6 Å². The summed E-state index contributed by atoms with van der Waals surface area (Å²) in [7, 11) is 0. The summed E-state index contributed by atoms with van der Waals surface area (Å²) in [6.07, 6.45) is 8.11. The van der Waals surface area contributed by atoms with Crippen molar-refractivity contribution in [3.8, 4) is 0 Å². The van der Waals surface area contributed by atoms with E-state index in [9.17, 15) is 4.39 Å². The molecule has 3 heterocycles. The van der Waals surface area contributed by atoms with Gasteiger partial charge in [-0.25, -0.2) is 8.78 Å². The van der Waals surface area contributed by atoms with Gasteiger partial charge in [-0.1, -0.05) is 25.5 Å². The average Bonchev–Trinajstić information content (AvgIpc) is 3.53. The number of rotatable bonds is 5. The normalized spacial score (nSPS) is 17.0. The zero-order valence-corrected chi connectivity index (χ0v) is 19.0. The Balaban J connectivity index is 1.51. The largest absolute Gasteiger partial charge is 0.325 e. The molecule has 6 rings (SSSR count). The molecular weight excluding hydrogens is 420 g/mol. The Kier molecular flexibility index (Phi) is 4.64. The number of anilines is 2. The van der Waals surface area contributed by atoms with Gasteiger partial charge in [-0.2, -0.15) is 4.98 Å². The Morgan fingerprint density at radius 1 is 1.09 bits per heavy atom. The van der Waals surface area contributed by atoms with Gasteiger partial charge >= 0.3 is 0 Å². The van der Waals surface area contributed by atoms with E-state index in [4.69, 9.17) is 4.98 Å². The second kappa shape index (κ2) is 7.47. The van der Waals surface area contributed by atoms with Crippen LogP contribution in [0, 0.1) is 24.0 Å². The van der Waals surface area contributed by atoms with Crippen LogP contribution in [0.4, 0.5) is 20.3 Å². The maximum Gasteiger partial charge on any atom is 0.257 e. The molecule has 0 spiro atoms. The van der Waals surface area contributed by atoms with Crippen molar-refractivity contribution in [3.05, 3.63) is 58.9 Å². The van der Waals surface area contributed by atoms with E-state index in [1.807, 2.05) is 4.90 Å². The van der Waals surface area contributed by atoms with Crippen LogP contribution in [0.5, 0.6) is 0 Å². The molecule has 1 saturated carbocycles. The maximum atomic E-state index is 15.2. The van der Waals surface area contributed by atoms with Gasteiger partial charge in [-0.3, -0.25) is 4.40 Å². The lowest BCUT2D eigenvalue weighted by atomic mass is 9.89. The molecule has 1 aliphatic heterocycles. The van der Waals surface area contributed by atoms with Gasteiger partial charge in [-0.15, -0.1) is 10.2 Å². The Hall–Kier alpha value is -3.09. The first-order chi connectivity index (χ1) is 16.0. The van der Waals surface area contributed by atoms with Crippen LogP contribution in [0.3, 0.4) is 0 Å². The molecule has 1 fully saturated rings. The predicted molar refractivity (Wildman–Crippen MR) is 125 cm³/mol. The number of benzene rings is 2. The molecule has 0 saturated heterocycles. The SMILES string of the molecule is CCC1(CCc2cccc3c2CCCN3c2nc3nnc(C)n3c3ccc(F)c(F)c23)CC1. The number of nitrogens with zero attached hydrogens (tertiary/aromatic N) is 5. The highest BCUT2D eigenvalue weighted by atomic mass is 19.2. The summed E-state index contributed by atoms with van der Waals surface area (Å²) in [6, 6.07) is 9.13. The molecule has 0 atom stereocenters. The van der Waals surface area contributed by atoms with Crippen molar-refractivity contribution in [3.63, 3.8) is 0 Å². The highest BCUT2D eigenvalue weighted by Gasteiger charge is 2.40. The van der Waals surface area contributed by atoms with E-state index in [0.29, 0.717) is 34.9 Å². The number of hydrogen-bond donors (Lipinski definition) is 0. The standard InChI is InChI=1S/C26H27F2N5/c1-3-26(13-14-26)12-11-17-6-4-8-20-18(17)7-5-15-32(20)24-22-21(10-9-19(27)23(22)28)33-16(2)30-31-25(33)29-24/h4,6,8-10H,3,5,7,11-15H2,1-2H3. The van der Waals surface area contributed by atoms with Gasteiger partial charge in [0, 0.05) is 12.2 Å². The van der Waals surface area contributed by atoms with Crippen molar-refractivity contribution in [2.45, 2.75) is 58.8 Å². The predicted octanol–water partition coefficient (Wildman–Crippen LogP) is 6.07. The quantitative estimate of drug-likeness (QED) is 0.372. The number of aryl methyl sites for hydroxylation is 2. The third-order valence-electron chi connectivity index (χ3n) is 7.79. The van der Waals surface area contributed by atoms with Crippen LogP contribution in [-0.2, 0) is 12.8 Å². The first-order valence-corrected chi connectivity index (χ1v) is 11.9. The lowest BCUT2D eigenvalue weighted by Crippen LogP contribution is -2.27. The molecule has 2 aromatic carbocycles. The topological polar surface area (TPSA) is 46.3 Å². The van der Waals surface area contributed by atoms with Crippen molar-refractivity contribution >= 4 is 28.2 Å². The third kappa shape index (κ3) is 3.20. The molecule has 170 valence electrons. The monoisotopic (exact) mass is 447 g/mol. The van der Waals surface area contributed by atoms with Gasteiger partial charge in [0.2, 0.25) is 0 Å². The first kappa shape index (κ1) is 20.5. The zero-order chi connectivity index (χ0) is 22.7. The summed E-state index contributed by atoms with van der Waals surface area (Å²) in [5, 5.41) is 8.47. The molecule has 0 amide bonds. The van der Waals surface area contributed by atoms with E-state index in [1.165, 1.54) is 36.8 Å². The summed E-state index contributed by atoms with van der Waals surface area (Å²) in [5.41, 5.74) is 4.77. The number of aromatic nitrogens is 4. The van der Waals surface area contributed by atoms with Crippen LogP contribution < -0.4 is 4.90 Å². The highest BCUT2D eigenvalue weighted by Crippen LogP contribution is 2.52. The lowest BCUT2D eigenvalue weighted by molar-refractivity contribution is 0.449. The Morgan fingerprint density at radius 2 is 1.94 bits per heavy atom. The van der Waals surface area contributed by atoms with E-state index in [2.05, 4.69) is 35.3 Å². The summed E-state index contributed by atoms with van der Waals surface area (Å²) < 4.78 is 31.3. The second-order valence-corrected chi connectivity index (χ2v) is 9.60. The Labute approximate surface area is 191 Å². The minimum atomic E-state index is -0.883. The van der Waals surface area contributed by atoms with Gasteiger partial charge in [0.25, 0.3) is 5.78 Å². The molecule has 2 aliphatic rings. The highest BCUT2D eigenvalue weighted by molar-refractivity contribution is 5.94. The maximum absolute atomic E-state index is 15.2. The Bertz CT molecular complexity index is 1390. The summed E-state index contributed by atoms with van der Waals surface area (Å²) >= 11 is 0. The van der Waals surface area contributed by atoms with Crippen molar-refractivity contribution in [2.75, 3.05) is 11.4 Å². The summed E-state index contributed by atoms with van der Waals surface area (Å²) in [4.78, 5) is 6.74. The average molecular weight is 448 g/mol. The van der Waals surface area contributed by atoms with E-state index >= 15 is 4.39 Å². The molecule has 1 aliphatic carbocycles. The molecule has 4 aromatic rings. The molecule has 5 nitrogen and oxygen atoms in total.